The maximum absolute atomic E-state index is 14.7. The Hall–Kier alpha value is -1.70. The van der Waals surface area contributed by atoms with Crippen LogP contribution in [-0.4, -0.2) is 0 Å². The minimum atomic E-state index is -0.645. The predicted molar refractivity (Wildman–Crippen MR) is 112 cm³/mol. The molecule has 150 valence electrons. The highest BCUT2D eigenvalue weighted by Gasteiger charge is 2.23. The van der Waals surface area contributed by atoms with Crippen molar-refractivity contribution in [2.24, 2.45) is 5.92 Å². The minimum absolute atomic E-state index is 0.190. The van der Waals surface area contributed by atoms with Crippen LogP contribution < -0.4 is 0 Å². The van der Waals surface area contributed by atoms with Crippen molar-refractivity contribution < 1.29 is 8.78 Å². The van der Waals surface area contributed by atoms with Crippen LogP contribution in [0.2, 0.25) is 0 Å². The Morgan fingerprint density at radius 3 is 2.07 bits per heavy atom. The van der Waals surface area contributed by atoms with Crippen LogP contribution in [0.1, 0.15) is 98.8 Å². The Bertz CT molecular complexity index is 779. The Morgan fingerprint density at radius 2 is 1.39 bits per heavy atom. The lowest BCUT2D eigenvalue weighted by atomic mass is 9.79. The van der Waals surface area contributed by atoms with Crippen molar-refractivity contribution in [3.8, 4) is 0 Å². The van der Waals surface area contributed by atoms with E-state index in [0.29, 0.717) is 23.5 Å². The van der Waals surface area contributed by atoms with Gasteiger partial charge in [0.05, 0.1) is 0 Å². The zero-order chi connectivity index (χ0) is 19.5. The monoisotopic (exact) mass is 382 g/mol. The van der Waals surface area contributed by atoms with Gasteiger partial charge in [-0.25, -0.2) is 8.78 Å². The van der Waals surface area contributed by atoms with E-state index >= 15 is 0 Å². The number of rotatable bonds is 4. The Labute approximate surface area is 168 Å². The number of hydrogen-bond acceptors (Lipinski definition) is 0. The van der Waals surface area contributed by atoms with E-state index in [9.17, 15) is 8.78 Å². The Kier molecular flexibility index (Phi) is 6.13. The molecule has 0 aliphatic heterocycles. The Balaban J connectivity index is 1.46. The van der Waals surface area contributed by atoms with Gasteiger partial charge in [-0.15, -0.1) is 0 Å². The molecule has 0 radical (unpaired) electrons. The number of benzene rings is 2. The van der Waals surface area contributed by atoms with Gasteiger partial charge in [0.2, 0.25) is 0 Å². The molecule has 0 nitrogen and oxygen atoms in total. The zero-order valence-electron chi connectivity index (χ0n) is 17.0. The molecule has 0 amide bonds. The van der Waals surface area contributed by atoms with E-state index in [-0.39, 0.29) is 5.92 Å². The van der Waals surface area contributed by atoms with Gasteiger partial charge in [0.15, 0.2) is 11.6 Å². The first-order valence-corrected chi connectivity index (χ1v) is 11.2. The van der Waals surface area contributed by atoms with E-state index in [1.54, 1.807) is 6.07 Å². The van der Waals surface area contributed by atoms with Crippen molar-refractivity contribution in [1.29, 1.82) is 0 Å². The molecule has 0 unspecified atom stereocenters. The fourth-order valence-electron chi connectivity index (χ4n) is 5.19. The van der Waals surface area contributed by atoms with Crippen molar-refractivity contribution in [1.82, 2.24) is 0 Å². The van der Waals surface area contributed by atoms with Gasteiger partial charge in [-0.05, 0) is 65.7 Å². The number of halogens is 2. The first-order valence-electron chi connectivity index (χ1n) is 11.2. The summed E-state index contributed by atoms with van der Waals surface area (Å²) in [6, 6.07) is 12.2. The van der Waals surface area contributed by atoms with Crippen LogP contribution in [0.3, 0.4) is 0 Å². The molecule has 2 aliphatic rings. The van der Waals surface area contributed by atoms with Crippen LogP contribution >= 0.6 is 0 Å². The summed E-state index contributed by atoms with van der Waals surface area (Å²) in [5.74, 6) is 0.444. The molecule has 0 atom stereocenters. The highest BCUT2D eigenvalue weighted by Crippen LogP contribution is 2.37. The molecule has 0 N–H and O–H groups in total. The van der Waals surface area contributed by atoms with Gasteiger partial charge in [-0.3, -0.25) is 0 Å². The average Bonchev–Trinajstić information content (AvgIpc) is 2.73. The molecule has 0 spiro atoms. The van der Waals surface area contributed by atoms with Crippen molar-refractivity contribution in [2.75, 3.05) is 0 Å². The van der Waals surface area contributed by atoms with Gasteiger partial charge >= 0.3 is 0 Å². The molecule has 2 saturated carbocycles. The van der Waals surface area contributed by atoms with Crippen molar-refractivity contribution in [2.45, 2.75) is 83.0 Å². The van der Waals surface area contributed by atoms with E-state index in [1.807, 2.05) is 6.07 Å². The number of hydrogen-bond donors (Lipinski definition) is 0. The Morgan fingerprint density at radius 1 is 0.714 bits per heavy atom. The molecular formula is C26H32F2. The van der Waals surface area contributed by atoms with Crippen molar-refractivity contribution in [3.63, 3.8) is 0 Å². The lowest BCUT2D eigenvalue weighted by Gasteiger charge is -2.26. The quantitative estimate of drug-likeness (QED) is 0.504. The summed E-state index contributed by atoms with van der Waals surface area (Å²) in [6.45, 7) is 2.34. The third-order valence-corrected chi connectivity index (χ3v) is 7.10. The molecule has 28 heavy (non-hydrogen) atoms. The molecule has 2 heteroatoms. The summed E-state index contributed by atoms with van der Waals surface area (Å²) >= 11 is 0. The predicted octanol–water partition coefficient (Wildman–Crippen LogP) is 7.90. The van der Waals surface area contributed by atoms with Gasteiger partial charge in [-0.1, -0.05) is 75.4 Å². The summed E-state index contributed by atoms with van der Waals surface area (Å²) in [6.07, 6.45) is 11.0. The molecule has 0 bridgehead atoms. The maximum atomic E-state index is 14.7. The van der Waals surface area contributed by atoms with Gasteiger partial charge in [0.25, 0.3) is 0 Å². The van der Waals surface area contributed by atoms with Crippen molar-refractivity contribution in [3.05, 3.63) is 70.3 Å². The van der Waals surface area contributed by atoms with Gasteiger partial charge in [0, 0.05) is 6.42 Å². The standard InChI is InChI=1S/C26H32F2/c1-18-7-11-20(12-8-18)21-13-9-19(10-14-21)17-23-15-16-24(26(28)25(23)27)22-5-3-2-4-6-22/h9-10,13-16,18,20,22H,2-8,11-12,17H2,1H3. The van der Waals surface area contributed by atoms with Crippen molar-refractivity contribution >= 4 is 0 Å². The first kappa shape index (κ1) is 19.6. The summed E-state index contributed by atoms with van der Waals surface area (Å²) < 4.78 is 29.4. The molecule has 4 rings (SSSR count). The topological polar surface area (TPSA) is 0 Å². The van der Waals surface area contributed by atoms with E-state index in [1.165, 1.54) is 37.7 Å². The largest absolute Gasteiger partial charge is 0.203 e. The van der Waals surface area contributed by atoms with Crippen LogP contribution in [0.15, 0.2) is 36.4 Å². The van der Waals surface area contributed by atoms with Crippen LogP contribution in [0, 0.1) is 17.6 Å². The minimum Gasteiger partial charge on any atom is -0.203 e. The lowest BCUT2D eigenvalue weighted by Crippen LogP contribution is -2.11. The van der Waals surface area contributed by atoms with Crippen LogP contribution in [0.25, 0.3) is 0 Å². The summed E-state index contributed by atoms with van der Waals surface area (Å²) in [5, 5.41) is 0. The molecular weight excluding hydrogens is 350 g/mol. The summed E-state index contributed by atoms with van der Waals surface area (Å²) in [5.41, 5.74) is 3.51. The fourth-order valence-corrected chi connectivity index (χ4v) is 5.19. The van der Waals surface area contributed by atoms with E-state index in [2.05, 4.69) is 31.2 Å². The molecule has 0 heterocycles. The molecule has 0 saturated heterocycles. The second-order valence-corrected chi connectivity index (χ2v) is 9.15. The maximum Gasteiger partial charge on any atom is 0.162 e. The van der Waals surface area contributed by atoms with Gasteiger partial charge in [-0.2, -0.15) is 0 Å². The third kappa shape index (κ3) is 4.31. The molecule has 2 aromatic carbocycles. The molecule has 0 aromatic heterocycles. The van der Waals surface area contributed by atoms with E-state index in [0.717, 1.165) is 37.2 Å². The molecule has 2 fully saturated rings. The van der Waals surface area contributed by atoms with Crippen LogP contribution in [-0.2, 0) is 6.42 Å². The second-order valence-electron chi connectivity index (χ2n) is 9.15. The highest BCUT2D eigenvalue weighted by atomic mass is 19.2. The van der Waals surface area contributed by atoms with Gasteiger partial charge in [0.1, 0.15) is 0 Å². The first-order chi connectivity index (χ1) is 13.6. The van der Waals surface area contributed by atoms with Crippen LogP contribution in [0.4, 0.5) is 8.78 Å². The van der Waals surface area contributed by atoms with Gasteiger partial charge < -0.3 is 0 Å². The van der Waals surface area contributed by atoms with E-state index in [4.69, 9.17) is 0 Å². The summed E-state index contributed by atoms with van der Waals surface area (Å²) in [4.78, 5) is 0. The summed E-state index contributed by atoms with van der Waals surface area (Å²) in [7, 11) is 0. The zero-order valence-corrected chi connectivity index (χ0v) is 17.0. The SMILES string of the molecule is CC1CCC(c2ccc(Cc3ccc(C4CCCCC4)c(F)c3F)cc2)CC1. The molecule has 2 aromatic rings. The molecule has 2 aliphatic carbocycles. The van der Waals surface area contributed by atoms with E-state index < -0.39 is 11.6 Å². The normalized spacial score (nSPS) is 23.7. The highest BCUT2D eigenvalue weighted by molar-refractivity contribution is 5.34. The lowest BCUT2D eigenvalue weighted by molar-refractivity contribution is 0.348. The smallest absolute Gasteiger partial charge is 0.162 e. The van der Waals surface area contributed by atoms with Crippen LogP contribution in [0.5, 0.6) is 0 Å². The second kappa shape index (κ2) is 8.76. The third-order valence-electron chi connectivity index (χ3n) is 7.10. The fraction of sp³-hybridized carbons (Fsp3) is 0.538. The average molecular weight is 383 g/mol.